The van der Waals surface area contributed by atoms with Gasteiger partial charge in [-0.05, 0) is 45.7 Å². The smallest absolute Gasteiger partial charge is 0.434 e. The van der Waals surface area contributed by atoms with Crippen LogP contribution in [0.25, 0.3) is 0 Å². The highest BCUT2D eigenvalue weighted by molar-refractivity contribution is 5.95. The Balaban J connectivity index is 1.35. The first-order valence-electron chi connectivity index (χ1n) is 14.5. The van der Waals surface area contributed by atoms with Gasteiger partial charge in [-0.2, -0.15) is 10.1 Å². The Morgan fingerprint density at radius 3 is 2.14 bits per heavy atom. The summed E-state index contributed by atoms with van der Waals surface area (Å²) in [6, 6.07) is 15.1. The van der Waals surface area contributed by atoms with Gasteiger partial charge < -0.3 is 24.3 Å². The number of carbonyl (C=O) groups excluding carboxylic acids is 4. The van der Waals surface area contributed by atoms with Gasteiger partial charge in [0.15, 0.2) is 5.79 Å². The number of benzene rings is 2. The minimum absolute atomic E-state index is 0.0262. The highest BCUT2D eigenvalue weighted by atomic mass is 16.8. The highest BCUT2D eigenvalue weighted by Gasteiger charge is 2.72. The van der Waals surface area contributed by atoms with Gasteiger partial charge in [0.05, 0.1) is 6.42 Å². The van der Waals surface area contributed by atoms with Gasteiger partial charge in [0.2, 0.25) is 12.1 Å². The molecule has 5 aliphatic rings. The van der Waals surface area contributed by atoms with E-state index >= 15 is 0 Å². The Bertz CT molecular complexity index is 1430. The van der Waals surface area contributed by atoms with Crippen molar-refractivity contribution in [3.63, 3.8) is 0 Å². The van der Waals surface area contributed by atoms with Crippen LogP contribution in [0.1, 0.15) is 45.7 Å². The zero-order chi connectivity index (χ0) is 31.4. The lowest BCUT2D eigenvalue weighted by atomic mass is 9.85. The number of carbonyl (C=O) groups is 4. The molecule has 2 bridgehead atoms. The number of β-lactam (4-membered cyclic amide) rings is 1. The molecule has 2 aromatic rings. The third kappa shape index (κ3) is 5.58. The van der Waals surface area contributed by atoms with Crippen molar-refractivity contribution in [1.82, 2.24) is 20.4 Å². The number of hydroxylamine groups is 2. The minimum Gasteiger partial charge on any atom is -0.443 e. The van der Waals surface area contributed by atoms with Crippen molar-refractivity contribution >= 4 is 24.0 Å². The molecule has 0 aliphatic carbocycles. The van der Waals surface area contributed by atoms with Crippen LogP contribution in [-0.4, -0.2) is 87.0 Å². The lowest BCUT2D eigenvalue weighted by Crippen LogP contribution is -2.79. The van der Waals surface area contributed by atoms with Crippen LogP contribution >= 0.6 is 0 Å². The van der Waals surface area contributed by atoms with Crippen LogP contribution in [0.3, 0.4) is 0 Å². The first-order chi connectivity index (χ1) is 20.8. The molecule has 44 heavy (non-hydrogen) atoms. The standard InChI is InChI=1S/C31H36N4O9/c1-30(2,3)43-28(38)34-27-25-24(41-31(4,5)42-25)23(35(44-27)29(39)40-17-19-14-10-7-11-15-19)22-21(26(37)33(22)34)32-20(36)16-18-12-8-6-9-13-18/h6-15,21-25,27H,16-17H2,1-5H3,(H,32,36)/t21-,22-,23+,24-,25-,27-/m0/s1. The number of ether oxygens (including phenoxy) is 4. The summed E-state index contributed by atoms with van der Waals surface area (Å²) in [5, 5.41) is 6.03. The second kappa shape index (κ2) is 11.1. The van der Waals surface area contributed by atoms with E-state index in [1.807, 2.05) is 48.5 Å². The molecule has 0 radical (unpaired) electrons. The van der Waals surface area contributed by atoms with E-state index in [2.05, 4.69) is 5.32 Å². The number of fused-ring (bicyclic) bond motifs is 1. The van der Waals surface area contributed by atoms with Crippen LogP contribution < -0.4 is 5.32 Å². The van der Waals surface area contributed by atoms with E-state index in [0.29, 0.717) is 0 Å². The Morgan fingerprint density at radius 2 is 1.50 bits per heavy atom. The van der Waals surface area contributed by atoms with Crippen LogP contribution in [-0.2, 0) is 46.4 Å². The second-order valence-electron chi connectivity index (χ2n) is 12.6. The fraction of sp³-hybridized carbons (Fsp3) is 0.484. The molecule has 2 aromatic carbocycles. The van der Waals surface area contributed by atoms with Crippen molar-refractivity contribution in [2.24, 2.45) is 0 Å². The number of nitrogens with one attached hydrogen (secondary N) is 1. The molecule has 4 amide bonds. The van der Waals surface area contributed by atoms with Gasteiger partial charge in [0.25, 0.3) is 5.91 Å². The third-order valence-electron chi connectivity index (χ3n) is 7.70. The Hall–Kier alpha value is -4.20. The molecule has 5 saturated heterocycles. The molecule has 13 heteroatoms. The molecule has 0 unspecified atom stereocenters. The Kier molecular flexibility index (Phi) is 7.50. The number of hydrazine groups is 1. The van der Waals surface area contributed by atoms with Crippen molar-refractivity contribution in [3.05, 3.63) is 71.8 Å². The predicted molar refractivity (Wildman–Crippen MR) is 152 cm³/mol. The molecule has 5 aliphatic heterocycles. The summed E-state index contributed by atoms with van der Waals surface area (Å²) in [7, 11) is 0. The van der Waals surface area contributed by atoms with E-state index in [0.717, 1.165) is 21.2 Å². The Morgan fingerprint density at radius 1 is 0.886 bits per heavy atom. The van der Waals surface area contributed by atoms with Crippen LogP contribution in [0.5, 0.6) is 0 Å². The van der Waals surface area contributed by atoms with Crippen molar-refractivity contribution in [1.29, 1.82) is 0 Å². The van der Waals surface area contributed by atoms with Crippen molar-refractivity contribution in [2.45, 2.75) is 95.6 Å². The fourth-order valence-corrected chi connectivity index (χ4v) is 6.01. The van der Waals surface area contributed by atoms with E-state index in [4.69, 9.17) is 23.8 Å². The van der Waals surface area contributed by atoms with Gasteiger partial charge in [0.1, 0.15) is 42.5 Å². The van der Waals surface area contributed by atoms with E-state index in [-0.39, 0.29) is 13.0 Å². The molecular formula is C31H36N4O9. The maximum Gasteiger partial charge on any atom is 0.434 e. The van der Waals surface area contributed by atoms with E-state index in [1.165, 1.54) is 5.01 Å². The van der Waals surface area contributed by atoms with Crippen molar-refractivity contribution < 1.29 is 43.0 Å². The molecule has 5 heterocycles. The minimum atomic E-state index is -1.33. The number of nitrogens with zero attached hydrogens (tertiary/aromatic N) is 3. The molecule has 0 spiro atoms. The summed E-state index contributed by atoms with van der Waals surface area (Å²) < 4.78 is 23.8. The Labute approximate surface area is 254 Å². The molecule has 5 fully saturated rings. The molecular weight excluding hydrogens is 572 g/mol. The number of hydrogen-bond acceptors (Lipinski definition) is 9. The summed E-state index contributed by atoms with van der Waals surface area (Å²) in [5.74, 6) is -2.09. The lowest BCUT2D eigenvalue weighted by Gasteiger charge is -2.51. The largest absolute Gasteiger partial charge is 0.443 e. The third-order valence-corrected chi connectivity index (χ3v) is 7.70. The van der Waals surface area contributed by atoms with Crippen molar-refractivity contribution in [3.8, 4) is 0 Å². The van der Waals surface area contributed by atoms with Crippen molar-refractivity contribution in [2.75, 3.05) is 0 Å². The zero-order valence-electron chi connectivity index (χ0n) is 25.2. The topological polar surface area (TPSA) is 136 Å². The van der Waals surface area contributed by atoms with Crippen LogP contribution in [0, 0.1) is 0 Å². The quantitative estimate of drug-likeness (QED) is 0.508. The van der Waals surface area contributed by atoms with Gasteiger partial charge >= 0.3 is 12.2 Å². The maximum atomic E-state index is 13.8. The summed E-state index contributed by atoms with van der Waals surface area (Å²) in [6.07, 6.45) is -4.79. The van der Waals surface area contributed by atoms with E-state index < -0.39 is 72.0 Å². The van der Waals surface area contributed by atoms with Crippen LogP contribution in [0.15, 0.2) is 60.7 Å². The number of hydrogen-bond donors (Lipinski definition) is 1. The average Bonchev–Trinajstić information content (AvgIpc) is 3.18. The predicted octanol–water partition coefficient (Wildman–Crippen LogP) is 2.89. The van der Waals surface area contributed by atoms with Crippen LogP contribution in [0.2, 0.25) is 0 Å². The molecule has 6 atom stereocenters. The average molecular weight is 609 g/mol. The van der Waals surface area contributed by atoms with Gasteiger partial charge in [-0.15, -0.1) is 0 Å². The summed E-state index contributed by atoms with van der Waals surface area (Å²) in [6.45, 7) is 8.44. The molecule has 0 aromatic heterocycles. The van der Waals surface area contributed by atoms with Gasteiger partial charge in [0, 0.05) is 0 Å². The van der Waals surface area contributed by atoms with Crippen LogP contribution in [0.4, 0.5) is 9.59 Å². The second-order valence-corrected chi connectivity index (χ2v) is 12.6. The summed E-state index contributed by atoms with van der Waals surface area (Å²) >= 11 is 0. The molecule has 13 nitrogen and oxygen atoms in total. The van der Waals surface area contributed by atoms with Gasteiger partial charge in [-0.1, -0.05) is 60.7 Å². The first-order valence-corrected chi connectivity index (χ1v) is 14.5. The molecule has 0 saturated carbocycles. The summed E-state index contributed by atoms with van der Waals surface area (Å²) in [4.78, 5) is 60.4. The van der Waals surface area contributed by atoms with E-state index in [1.54, 1.807) is 46.8 Å². The summed E-state index contributed by atoms with van der Waals surface area (Å²) in [5.41, 5.74) is 0.588. The first kappa shape index (κ1) is 29.9. The van der Waals surface area contributed by atoms with E-state index in [9.17, 15) is 19.2 Å². The highest BCUT2D eigenvalue weighted by Crippen LogP contribution is 2.48. The number of amides is 4. The maximum absolute atomic E-state index is 13.8. The molecule has 7 rings (SSSR count). The number of rotatable bonds is 5. The van der Waals surface area contributed by atoms with Gasteiger partial charge in [-0.25, -0.2) is 19.4 Å². The monoisotopic (exact) mass is 608 g/mol. The normalized spacial score (nSPS) is 28.4. The molecule has 234 valence electrons. The lowest BCUT2D eigenvalue weighted by molar-refractivity contribution is -0.290. The SMILES string of the molecule is CC(C)(C)OC(=O)N1[C@H]2ON(C(=O)OCc3ccccc3)[C@@H]([C@@H]3OC(C)(C)O[C@@H]32)[C@@H]2[C@H](NC(=O)Cc3ccccc3)C(=O)N21. The zero-order valence-corrected chi connectivity index (χ0v) is 25.2. The molecule has 1 N–H and O–H groups in total. The van der Waals surface area contributed by atoms with Gasteiger partial charge in [-0.3, -0.25) is 9.59 Å². The fourth-order valence-electron chi connectivity index (χ4n) is 6.01.